The van der Waals surface area contributed by atoms with Crippen LogP contribution in [-0.4, -0.2) is 17.2 Å². The van der Waals surface area contributed by atoms with Crippen molar-refractivity contribution in [3.63, 3.8) is 0 Å². The van der Waals surface area contributed by atoms with Gasteiger partial charge in [0.1, 0.15) is 0 Å². The summed E-state index contributed by atoms with van der Waals surface area (Å²) in [4.78, 5) is 10.5. The number of ether oxygens (including phenoxy) is 1. The summed E-state index contributed by atoms with van der Waals surface area (Å²) in [7, 11) is 0. The second-order valence-corrected chi connectivity index (χ2v) is 5.79. The van der Waals surface area contributed by atoms with Gasteiger partial charge in [0.15, 0.2) is 0 Å². The molecule has 0 radical (unpaired) electrons. The van der Waals surface area contributed by atoms with Crippen LogP contribution >= 0.6 is 0 Å². The van der Waals surface area contributed by atoms with Crippen molar-refractivity contribution in [2.45, 2.75) is 51.7 Å². The maximum Gasteiger partial charge on any atom is 0.328 e. The van der Waals surface area contributed by atoms with Crippen LogP contribution in [0.4, 0.5) is 0 Å². The van der Waals surface area contributed by atoms with Crippen molar-refractivity contribution in [3.8, 4) is 0 Å². The van der Waals surface area contributed by atoms with Crippen LogP contribution in [0.1, 0.15) is 50.2 Å². The van der Waals surface area contributed by atoms with Crippen LogP contribution in [-0.2, 0) is 16.1 Å². The van der Waals surface area contributed by atoms with Crippen molar-refractivity contribution < 1.29 is 14.6 Å². The molecule has 1 aliphatic rings. The molecule has 0 aromatic heterocycles. The zero-order valence-corrected chi connectivity index (χ0v) is 12.6. The van der Waals surface area contributed by atoms with E-state index in [-0.39, 0.29) is 0 Å². The maximum absolute atomic E-state index is 10.5. The van der Waals surface area contributed by atoms with Crippen LogP contribution < -0.4 is 0 Å². The van der Waals surface area contributed by atoms with Gasteiger partial charge >= 0.3 is 5.97 Å². The van der Waals surface area contributed by atoms with E-state index < -0.39 is 5.97 Å². The van der Waals surface area contributed by atoms with Crippen LogP contribution in [0.15, 0.2) is 30.3 Å². The zero-order valence-electron chi connectivity index (χ0n) is 12.6. The zero-order chi connectivity index (χ0) is 15.1. The van der Waals surface area contributed by atoms with E-state index in [0.717, 1.165) is 29.5 Å². The van der Waals surface area contributed by atoms with Gasteiger partial charge in [-0.05, 0) is 42.0 Å². The minimum atomic E-state index is -0.926. The SMILES string of the molecule is CCC1CCCC(OCc2cccc(C=CC(=O)O)c2)C1. The second-order valence-electron chi connectivity index (χ2n) is 5.79. The second kappa shape index (κ2) is 7.99. The molecule has 2 rings (SSSR count). The molecule has 114 valence electrons. The highest BCUT2D eigenvalue weighted by Gasteiger charge is 2.21. The number of rotatable bonds is 6. The molecule has 1 fully saturated rings. The van der Waals surface area contributed by atoms with Crippen LogP contribution in [0, 0.1) is 5.92 Å². The predicted octanol–water partition coefficient (Wildman–Crippen LogP) is 4.27. The molecule has 0 amide bonds. The highest BCUT2D eigenvalue weighted by molar-refractivity contribution is 5.85. The van der Waals surface area contributed by atoms with E-state index in [4.69, 9.17) is 9.84 Å². The van der Waals surface area contributed by atoms with E-state index in [1.807, 2.05) is 24.3 Å². The van der Waals surface area contributed by atoms with Gasteiger partial charge in [0, 0.05) is 6.08 Å². The van der Waals surface area contributed by atoms with E-state index in [9.17, 15) is 4.79 Å². The third kappa shape index (κ3) is 5.35. The number of benzene rings is 1. The van der Waals surface area contributed by atoms with Gasteiger partial charge in [-0.1, -0.05) is 44.4 Å². The first kappa shape index (κ1) is 15.8. The summed E-state index contributed by atoms with van der Waals surface area (Å²) in [6, 6.07) is 7.85. The Morgan fingerprint density at radius 3 is 3.05 bits per heavy atom. The minimum absolute atomic E-state index is 0.377. The van der Waals surface area contributed by atoms with Crippen LogP contribution in [0.25, 0.3) is 6.08 Å². The molecule has 3 heteroatoms. The molecule has 0 saturated heterocycles. The molecule has 0 heterocycles. The van der Waals surface area contributed by atoms with Gasteiger partial charge < -0.3 is 9.84 Å². The first-order valence-corrected chi connectivity index (χ1v) is 7.79. The van der Waals surface area contributed by atoms with Gasteiger partial charge in [-0.3, -0.25) is 0 Å². The number of carbonyl (C=O) groups is 1. The first-order chi connectivity index (χ1) is 10.2. The molecule has 0 aliphatic heterocycles. The van der Waals surface area contributed by atoms with E-state index >= 15 is 0 Å². The lowest BCUT2D eigenvalue weighted by Gasteiger charge is -2.28. The fourth-order valence-electron chi connectivity index (χ4n) is 2.93. The molecule has 0 spiro atoms. The Balaban J connectivity index is 1.88. The molecule has 0 bridgehead atoms. The largest absolute Gasteiger partial charge is 0.478 e. The Morgan fingerprint density at radius 1 is 1.43 bits per heavy atom. The van der Waals surface area contributed by atoms with Gasteiger partial charge in [0.05, 0.1) is 12.7 Å². The van der Waals surface area contributed by atoms with Gasteiger partial charge in [0.2, 0.25) is 0 Å². The number of hydrogen-bond donors (Lipinski definition) is 1. The van der Waals surface area contributed by atoms with Crippen molar-refractivity contribution in [2.75, 3.05) is 0 Å². The molecule has 1 saturated carbocycles. The van der Waals surface area contributed by atoms with Crippen LogP contribution in [0.5, 0.6) is 0 Å². The summed E-state index contributed by atoms with van der Waals surface area (Å²) < 4.78 is 6.04. The van der Waals surface area contributed by atoms with Crippen molar-refractivity contribution in [1.29, 1.82) is 0 Å². The molecule has 2 atom stereocenters. The summed E-state index contributed by atoms with van der Waals surface area (Å²) in [5, 5.41) is 8.65. The third-order valence-corrected chi connectivity index (χ3v) is 4.17. The van der Waals surface area contributed by atoms with Crippen LogP contribution in [0.3, 0.4) is 0 Å². The normalized spacial score (nSPS) is 22.5. The van der Waals surface area contributed by atoms with Crippen LogP contribution in [0.2, 0.25) is 0 Å². The van der Waals surface area contributed by atoms with Crippen molar-refractivity contribution in [2.24, 2.45) is 5.92 Å². The fourth-order valence-corrected chi connectivity index (χ4v) is 2.93. The summed E-state index contributed by atoms with van der Waals surface area (Å²) in [6.07, 6.45) is 9.34. The topological polar surface area (TPSA) is 46.5 Å². The molecule has 21 heavy (non-hydrogen) atoms. The number of aliphatic carboxylic acids is 1. The van der Waals surface area contributed by atoms with Crippen molar-refractivity contribution in [1.82, 2.24) is 0 Å². The lowest BCUT2D eigenvalue weighted by Crippen LogP contribution is -2.22. The number of carboxylic acids is 1. The Hall–Kier alpha value is -1.61. The van der Waals surface area contributed by atoms with E-state index in [1.165, 1.54) is 25.7 Å². The molecule has 3 nitrogen and oxygen atoms in total. The average Bonchev–Trinajstić information content (AvgIpc) is 2.51. The first-order valence-electron chi connectivity index (χ1n) is 7.79. The molecule has 2 unspecified atom stereocenters. The summed E-state index contributed by atoms with van der Waals surface area (Å²) in [5.41, 5.74) is 2.00. The predicted molar refractivity (Wildman–Crippen MR) is 83.9 cm³/mol. The lowest BCUT2D eigenvalue weighted by molar-refractivity contribution is -0.131. The fraction of sp³-hybridized carbons (Fsp3) is 0.500. The van der Waals surface area contributed by atoms with Gasteiger partial charge in [-0.2, -0.15) is 0 Å². The molecule has 1 aliphatic carbocycles. The summed E-state index contributed by atoms with van der Waals surface area (Å²) in [6.45, 7) is 2.86. The highest BCUT2D eigenvalue weighted by Crippen LogP contribution is 2.28. The Labute approximate surface area is 126 Å². The summed E-state index contributed by atoms with van der Waals surface area (Å²) in [5.74, 6) is -0.113. The number of carboxylic acid groups (broad SMARTS) is 1. The molecular weight excluding hydrogens is 264 g/mol. The highest BCUT2D eigenvalue weighted by atomic mass is 16.5. The Morgan fingerprint density at radius 2 is 2.29 bits per heavy atom. The van der Waals surface area contributed by atoms with E-state index in [2.05, 4.69) is 6.92 Å². The van der Waals surface area contributed by atoms with Gasteiger partial charge in [-0.15, -0.1) is 0 Å². The lowest BCUT2D eigenvalue weighted by atomic mass is 9.85. The maximum atomic E-state index is 10.5. The van der Waals surface area contributed by atoms with E-state index in [1.54, 1.807) is 6.08 Å². The molecule has 1 N–H and O–H groups in total. The Kier molecular flexibility index (Phi) is 6.00. The standard InChI is InChI=1S/C18H24O3/c1-2-14-5-4-8-17(12-14)21-13-16-7-3-6-15(11-16)9-10-18(19)20/h3,6-7,9-11,14,17H,2,4-5,8,12-13H2,1H3,(H,19,20). The third-order valence-electron chi connectivity index (χ3n) is 4.17. The van der Waals surface area contributed by atoms with Gasteiger partial charge in [-0.25, -0.2) is 4.79 Å². The smallest absolute Gasteiger partial charge is 0.328 e. The average molecular weight is 288 g/mol. The monoisotopic (exact) mass is 288 g/mol. The molecule has 1 aromatic carbocycles. The molecular formula is C18H24O3. The van der Waals surface area contributed by atoms with E-state index in [0.29, 0.717) is 12.7 Å². The Bertz CT molecular complexity index is 493. The number of hydrogen-bond acceptors (Lipinski definition) is 2. The summed E-state index contributed by atoms with van der Waals surface area (Å²) >= 11 is 0. The minimum Gasteiger partial charge on any atom is -0.478 e. The molecule has 1 aromatic rings. The van der Waals surface area contributed by atoms with Gasteiger partial charge in [0.25, 0.3) is 0 Å². The van der Waals surface area contributed by atoms with Crippen molar-refractivity contribution in [3.05, 3.63) is 41.5 Å². The van der Waals surface area contributed by atoms with Crippen molar-refractivity contribution >= 4 is 12.0 Å². The quantitative estimate of drug-likeness (QED) is 0.795.